The highest BCUT2D eigenvalue weighted by Gasteiger charge is 2.13. The normalized spacial score (nSPS) is 11.1. The van der Waals surface area contributed by atoms with Crippen LogP contribution in [0.25, 0.3) is 10.9 Å². The summed E-state index contributed by atoms with van der Waals surface area (Å²) in [6.07, 6.45) is 5.86. The van der Waals surface area contributed by atoms with Gasteiger partial charge in [0.15, 0.2) is 6.29 Å². The summed E-state index contributed by atoms with van der Waals surface area (Å²) in [6, 6.07) is 7.04. The molecule has 3 aromatic heterocycles. The van der Waals surface area contributed by atoms with Gasteiger partial charge in [-0.05, 0) is 39.0 Å². The number of rotatable bonds is 11. The van der Waals surface area contributed by atoms with E-state index in [-0.39, 0.29) is 12.5 Å². The molecule has 0 bridgehead atoms. The van der Waals surface area contributed by atoms with Gasteiger partial charge < -0.3 is 24.3 Å². The number of pyridine rings is 1. The second kappa shape index (κ2) is 11.7. The highest BCUT2D eigenvalue weighted by Crippen LogP contribution is 2.32. The molecule has 182 valence electrons. The second-order valence-corrected chi connectivity index (χ2v) is 7.69. The quantitative estimate of drug-likeness (QED) is 0.281. The summed E-state index contributed by atoms with van der Waals surface area (Å²) < 4.78 is 22.6. The van der Waals surface area contributed by atoms with Crippen LogP contribution in [0.5, 0.6) is 17.4 Å². The minimum Gasteiger partial charge on any atom is -0.487 e. The summed E-state index contributed by atoms with van der Waals surface area (Å²) in [6.45, 7) is 6.91. The number of aryl methyl sites for hydroxylation is 1. The van der Waals surface area contributed by atoms with Gasteiger partial charge in [-0.1, -0.05) is 11.6 Å². The molecule has 4 rings (SSSR count). The summed E-state index contributed by atoms with van der Waals surface area (Å²) in [4.78, 5) is 21.5. The van der Waals surface area contributed by atoms with Crippen molar-refractivity contribution in [3.05, 3.63) is 59.9 Å². The first-order chi connectivity index (χ1) is 17.1. The number of benzene rings is 1. The molecule has 0 spiro atoms. The van der Waals surface area contributed by atoms with Gasteiger partial charge in [-0.15, -0.1) is 0 Å². The number of hydrogen-bond acceptors (Lipinski definition) is 10. The molecule has 35 heavy (non-hydrogen) atoms. The van der Waals surface area contributed by atoms with Crippen LogP contribution in [0.2, 0.25) is 5.02 Å². The van der Waals surface area contributed by atoms with Crippen molar-refractivity contribution in [2.45, 2.75) is 27.1 Å². The number of fused-ring (bicyclic) bond motifs is 1. The smallest absolute Gasteiger partial charge is 0.238 e. The first-order valence-electron chi connectivity index (χ1n) is 11.1. The maximum Gasteiger partial charge on any atom is 0.238 e. The average Bonchev–Trinajstić information content (AvgIpc) is 2.86. The Morgan fingerprint density at radius 1 is 0.914 bits per heavy atom. The first-order valence-corrected chi connectivity index (χ1v) is 11.4. The van der Waals surface area contributed by atoms with Gasteiger partial charge in [-0.25, -0.2) is 19.9 Å². The van der Waals surface area contributed by atoms with E-state index in [0.717, 1.165) is 16.6 Å². The van der Waals surface area contributed by atoms with Gasteiger partial charge in [0, 0.05) is 24.7 Å². The molecule has 0 aliphatic rings. The van der Waals surface area contributed by atoms with E-state index in [0.29, 0.717) is 41.4 Å². The Bertz CT molecular complexity index is 1270. The van der Waals surface area contributed by atoms with E-state index < -0.39 is 6.29 Å². The third-order valence-corrected chi connectivity index (χ3v) is 4.99. The molecule has 0 aliphatic carbocycles. The van der Waals surface area contributed by atoms with E-state index in [4.69, 9.17) is 30.5 Å². The van der Waals surface area contributed by atoms with Crippen LogP contribution < -0.4 is 14.8 Å². The summed E-state index contributed by atoms with van der Waals surface area (Å²) >= 11 is 6.40. The van der Waals surface area contributed by atoms with Gasteiger partial charge in [0.2, 0.25) is 5.88 Å². The standard InChI is InChI=1S/C24H25ClN6O4/c1-4-32-22(33-5-2)13-34-17-9-19(25)24(28-11-17)35-16-6-7-20-18(8-16)23(30-14-29-20)31-21-12-26-15(3)10-27-21/h6-12,14,22H,4-5,13H2,1-3H3,(H,27,29,30,31). The van der Waals surface area contributed by atoms with Crippen LogP contribution in [-0.4, -0.2) is 51.0 Å². The Hall–Kier alpha value is -3.60. The zero-order valence-corrected chi connectivity index (χ0v) is 20.3. The predicted octanol–water partition coefficient (Wildman–Crippen LogP) is 5.09. The molecular formula is C24H25ClN6O4. The van der Waals surface area contributed by atoms with Crippen LogP contribution in [0.3, 0.4) is 0 Å². The van der Waals surface area contributed by atoms with Crippen molar-refractivity contribution in [2.75, 3.05) is 25.1 Å². The number of nitrogens with one attached hydrogen (secondary N) is 1. The maximum absolute atomic E-state index is 6.40. The van der Waals surface area contributed by atoms with E-state index in [1.807, 2.05) is 26.8 Å². The summed E-state index contributed by atoms with van der Waals surface area (Å²) in [5.41, 5.74) is 1.55. The maximum atomic E-state index is 6.40. The Labute approximate surface area is 207 Å². The van der Waals surface area contributed by atoms with Crippen LogP contribution >= 0.6 is 11.6 Å². The summed E-state index contributed by atoms with van der Waals surface area (Å²) in [5, 5.41) is 4.20. The molecule has 0 radical (unpaired) electrons. The fraction of sp³-hybridized carbons (Fsp3) is 0.292. The fourth-order valence-electron chi connectivity index (χ4n) is 3.13. The van der Waals surface area contributed by atoms with Gasteiger partial charge >= 0.3 is 0 Å². The number of anilines is 2. The van der Waals surface area contributed by atoms with Gasteiger partial charge in [-0.2, -0.15) is 0 Å². The molecule has 0 atom stereocenters. The fourth-order valence-corrected chi connectivity index (χ4v) is 3.33. The number of halogens is 1. The number of nitrogens with zero attached hydrogens (tertiary/aromatic N) is 5. The number of ether oxygens (including phenoxy) is 4. The van der Waals surface area contributed by atoms with Crippen molar-refractivity contribution < 1.29 is 18.9 Å². The topological polar surface area (TPSA) is 113 Å². The summed E-state index contributed by atoms with van der Waals surface area (Å²) in [5.74, 6) is 2.36. The molecule has 1 N–H and O–H groups in total. The molecule has 0 saturated carbocycles. The Kier molecular flexibility index (Phi) is 8.19. The molecule has 1 aromatic carbocycles. The minimum absolute atomic E-state index is 0.214. The van der Waals surface area contributed by atoms with Crippen molar-refractivity contribution in [3.63, 3.8) is 0 Å². The van der Waals surface area contributed by atoms with Gasteiger partial charge in [0.05, 0.1) is 29.8 Å². The van der Waals surface area contributed by atoms with E-state index in [2.05, 4.69) is 30.2 Å². The highest BCUT2D eigenvalue weighted by molar-refractivity contribution is 6.32. The van der Waals surface area contributed by atoms with Crippen molar-refractivity contribution in [3.8, 4) is 17.4 Å². The zero-order valence-electron chi connectivity index (χ0n) is 19.6. The van der Waals surface area contributed by atoms with Gasteiger partial charge in [0.1, 0.15) is 41.1 Å². The lowest BCUT2D eigenvalue weighted by atomic mass is 10.2. The first kappa shape index (κ1) is 24.5. The lowest BCUT2D eigenvalue weighted by Gasteiger charge is -2.17. The minimum atomic E-state index is -0.465. The van der Waals surface area contributed by atoms with Gasteiger partial charge in [-0.3, -0.25) is 4.98 Å². The van der Waals surface area contributed by atoms with Crippen LogP contribution in [0.4, 0.5) is 11.6 Å². The molecule has 0 saturated heterocycles. The molecule has 10 nitrogen and oxygen atoms in total. The molecule has 0 aliphatic heterocycles. The summed E-state index contributed by atoms with van der Waals surface area (Å²) in [7, 11) is 0. The van der Waals surface area contributed by atoms with Crippen molar-refractivity contribution in [1.29, 1.82) is 0 Å². The predicted molar refractivity (Wildman–Crippen MR) is 131 cm³/mol. The molecule has 0 fully saturated rings. The Balaban J connectivity index is 1.49. The third-order valence-electron chi connectivity index (χ3n) is 4.72. The number of hydrogen-bond donors (Lipinski definition) is 1. The second-order valence-electron chi connectivity index (χ2n) is 7.28. The van der Waals surface area contributed by atoms with Crippen LogP contribution in [0, 0.1) is 6.92 Å². The SMILES string of the molecule is CCOC(COc1cnc(Oc2ccc3ncnc(Nc4cnc(C)cn4)c3c2)c(Cl)c1)OCC. The molecule has 4 aromatic rings. The Morgan fingerprint density at radius 3 is 2.46 bits per heavy atom. The molecule has 0 amide bonds. The zero-order chi connectivity index (χ0) is 24.6. The van der Waals surface area contributed by atoms with E-state index in [1.165, 1.54) is 12.5 Å². The average molecular weight is 497 g/mol. The monoisotopic (exact) mass is 496 g/mol. The van der Waals surface area contributed by atoms with Crippen molar-refractivity contribution in [2.24, 2.45) is 0 Å². The molecule has 0 unspecified atom stereocenters. The molecule has 3 heterocycles. The van der Waals surface area contributed by atoms with Gasteiger partial charge in [0.25, 0.3) is 0 Å². The van der Waals surface area contributed by atoms with E-state index >= 15 is 0 Å². The van der Waals surface area contributed by atoms with E-state index in [1.54, 1.807) is 30.6 Å². The van der Waals surface area contributed by atoms with Crippen LogP contribution in [-0.2, 0) is 9.47 Å². The lowest BCUT2D eigenvalue weighted by Crippen LogP contribution is -2.25. The van der Waals surface area contributed by atoms with E-state index in [9.17, 15) is 0 Å². The van der Waals surface area contributed by atoms with Crippen molar-refractivity contribution >= 4 is 34.1 Å². The van der Waals surface area contributed by atoms with Crippen LogP contribution in [0.1, 0.15) is 19.5 Å². The third kappa shape index (κ3) is 6.50. The molecule has 11 heteroatoms. The lowest BCUT2D eigenvalue weighted by molar-refractivity contribution is -0.152. The Morgan fingerprint density at radius 2 is 1.74 bits per heavy atom. The number of aromatic nitrogens is 5. The highest BCUT2D eigenvalue weighted by atomic mass is 35.5. The molecular weight excluding hydrogens is 472 g/mol. The largest absolute Gasteiger partial charge is 0.487 e. The van der Waals surface area contributed by atoms with Crippen LogP contribution in [0.15, 0.2) is 49.2 Å². The van der Waals surface area contributed by atoms with Crippen molar-refractivity contribution in [1.82, 2.24) is 24.9 Å².